The van der Waals surface area contributed by atoms with Crippen molar-refractivity contribution in [2.75, 3.05) is 25.2 Å². The van der Waals surface area contributed by atoms with E-state index in [0.29, 0.717) is 13.0 Å². The number of thioether (sulfide) groups is 1. The second-order valence-corrected chi connectivity index (χ2v) is 5.26. The van der Waals surface area contributed by atoms with Gasteiger partial charge in [0, 0.05) is 24.8 Å². The number of urea groups is 1. The van der Waals surface area contributed by atoms with E-state index in [1.54, 1.807) is 11.8 Å². The monoisotopic (exact) mass is 276 g/mol. The van der Waals surface area contributed by atoms with Crippen LogP contribution < -0.4 is 10.6 Å². The van der Waals surface area contributed by atoms with Gasteiger partial charge in [0.2, 0.25) is 0 Å². The van der Waals surface area contributed by atoms with Crippen molar-refractivity contribution in [2.24, 2.45) is 0 Å². The normalized spacial score (nSPS) is 24.6. The van der Waals surface area contributed by atoms with Crippen LogP contribution >= 0.6 is 11.8 Å². The lowest BCUT2D eigenvalue weighted by Crippen LogP contribution is -2.59. The Bertz CT molecular complexity index is 305. The average molecular weight is 276 g/mol. The maximum absolute atomic E-state index is 11.8. The highest BCUT2D eigenvalue weighted by Crippen LogP contribution is 2.18. The summed E-state index contributed by atoms with van der Waals surface area (Å²) in [6, 6.07) is -0.392. The lowest BCUT2D eigenvalue weighted by Gasteiger charge is -2.25. The van der Waals surface area contributed by atoms with Crippen molar-refractivity contribution < 1.29 is 19.4 Å². The first-order chi connectivity index (χ1) is 8.54. The fourth-order valence-electron chi connectivity index (χ4n) is 1.79. The van der Waals surface area contributed by atoms with E-state index in [4.69, 9.17) is 4.74 Å². The number of hydrogen-bond donors (Lipinski definition) is 3. The molecule has 1 aliphatic heterocycles. The second kappa shape index (κ2) is 6.84. The maximum atomic E-state index is 11.8. The molecular formula is C11H20N2O4S. The third-order valence-corrected chi connectivity index (χ3v) is 3.72. The predicted octanol–water partition coefficient (Wildman–Crippen LogP) is 0.671. The smallest absolute Gasteiger partial charge is 0.332 e. The van der Waals surface area contributed by atoms with Crippen LogP contribution in [0.1, 0.15) is 19.8 Å². The Morgan fingerprint density at radius 2 is 2.28 bits per heavy atom. The molecule has 0 aromatic heterocycles. The summed E-state index contributed by atoms with van der Waals surface area (Å²) in [4.78, 5) is 23.0. The van der Waals surface area contributed by atoms with Gasteiger partial charge in [0.25, 0.3) is 0 Å². The fraction of sp³-hybridized carbons (Fsp3) is 0.818. The molecule has 7 heteroatoms. The van der Waals surface area contributed by atoms with E-state index in [9.17, 15) is 14.7 Å². The molecule has 1 aliphatic rings. The minimum absolute atomic E-state index is 0.0229. The van der Waals surface area contributed by atoms with Gasteiger partial charge in [-0.15, -0.1) is 0 Å². The van der Waals surface area contributed by atoms with Gasteiger partial charge in [-0.3, -0.25) is 0 Å². The number of carboxylic acids is 1. The number of carbonyl (C=O) groups is 2. The molecule has 2 unspecified atom stereocenters. The molecular weight excluding hydrogens is 256 g/mol. The van der Waals surface area contributed by atoms with Crippen LogP contribution in [0.5, 0.6) is 0 Å². The molecule has 2 atom stereocenters. The van der Waals surface area contributed by atoms with Crippen LogP contribution in [-0.2, 0) is 9.53 Å². The van der Waals surface area contributed by atoms with Crippen molar-refractivity contribution in [1.29, 1.82) is 0 Å². The molecule has 0 bridgehead atoms. The summed E-state index contributed by atoms with van der Waals surface area (Å²) in [6.45, 7) is 2.36. The van der Waals surface area contributed by atoms with E-state index in [1.807, 2.05) is 13.2 Å². The number of amides is 2. The van der Waals surface area contributed by atoms with Crippen LogP contribution in [0.4, 0.5) is 4.79 Å². The highest BCUT2D eigenvalue weighted by atomic mass is 32.2. The van der Waals surface area contributed by atoms with Crippen molar-refractivity contribution in [2.45, 2.75) is 31.3 Å². The Morgan fingerprint density at radius 1 is 1.56 bits per heavy atom. The van der Waals surface area contributed by atoms with Gasteiger partial charge >= 0.3 is 12.0 Å². The number of carbonyl (C=O) groups excluding carboxylic acids is 1. The van der Waals surface area contributed by atoms with E-state index in [0.717, 1.165) is 12.2 Å². The minimum atomic E-state index is -1.28. The van der Waals surface area contributed by atoms with Crippen LogP contribution in [0, 0.1) is 0 Å². The molecule has 0 spiro atoms. The lowest BCUT2D eigenvalue weighted by molar-refractivity contribution is -0.144. The Kier molecular flexibility index (Phi) is 5.74. The zero-order chi connectivity index (χ0) is 13.6. The highest BCUT2D eigenvalue weighted by Gasteiger charge is 2.44. The number of nitrogens with one attached hydrogen (secondary N) is 2. The minimum Gasteiger partial charge on any atom is -0.479 e. The third-order valence-electron chi connectivity index (χ3n) is 2.98. The number of carboxylic acid groups (broad SMARTS) is 1. The van der Waals surface area contributed by atoms with E-state index in [2.05, 4.69) is 10.6 Å². The number of rotatable bonds is 6. The van der Waals surface area contributed by atoms with Crippen molar-refractivity contribution in [3.05, 3.63) is 0 Å². The van der Waals surface area contributed by atoms with E-state index < -0.39 is 17.5 Å². The van der Waals surface area contributed by atoms with Gasteiger partial charge in [-0.05, 0) is 12.7 Å². The lowest BCUT2D eigenvalue weighted by atomic mass is 9.99. The van der Waals surface area contributed by atoms with Gasteiger partial charge in [0.1, 0.15) is 0 Å². The van der Waals surface area contributed by atoms with Crippen molar-refractivity contribution >= 4 is 23.8 Å². The molecule has 6 nitrogen and oxygen atoms in total. The summed E-state index contributed by atoms with van der Waals surface area (Å²) >= 11 is 1.64. The number of ether oxygens (including phenoxy) is 1. The molecule has 0 saturated carbocycles. The maximum Gasteiger partial charge on any atom is 0.332 e. The van der Waals surface area contributed by atoms with Crippen LogP contribution in [0.3, 0.4) is 0 Å². The molecule has 3 N–H and O–H groups in total. The first-order valence-corrected chi connectivity index (χ1v) is 7.32. The summed E-state index contributed by atoms with van der Waals surface area (Å²) in [6.07, 6.45) is 3.08. The van der Waals surface area contributed by atoms with Crippen LogP contribution in [0.25, 0.3) is 0 Å². The van der Waals surface area contributed by atoms with Gasteiger partial charge in [0.05, 0.1) is 6.61 Å². The zero-order valence-electron chi connectivity index (χ0n) is 10.7. The molecule has 0 aliphatic carbocycles. The summed E-state index contributed by atoms with van der Waals surface area (Å²) in [7, 11) is 0. The Morgan fingerprint density at radius 3 is 2.72 bits per heavy atom. The first-order valence-electron chi connectivity index (χ1n) is 5.93. The molecule has 0 radical (unpaired) electrons. The molecule has 0 aromatic rings. The van der Waals surface area contributed by atoms with E-state index in [-0.39, 0.29) is 12.6 Å². The van der Waals surface area contributed by atoms with Gasteiger partial charge in [-0.2, -0.15) is 11.8 Å². The summed E-state index contributed by atoms with van der Waals surface area (Å²) in [5.41, 5.74) is -1.28. The fourth-order valence-corrected chi connectivity index (χ4v) is 2.51. The third kappa shape index (κ3) is 3.78. The summed E-state index contributed by atoms with van der Waals surface area (Å²) < 4.78 is 5.07. The highest BCUT2D eigenvalue weighted by molar-refractivity contribution is 7.98. The Labute approximate surface area is 111 Å². The molecule has 1 heterocycles. The Hall–Kier alpha value is -0.950. The number of aliphatic carboxylic acids is 1. The standard InChI is InChI=1S/C11H20N2O4S/c1-3-8(6-18-2)12-10(16)13-11(9(14)15)4-5-17-7-11/h8H,3-7H2,1-2H3,(H,14,15)(H2,12,13,16). The quantitative estimate of drug-likeness (QED) is 0.663. The largest absolute Gasteiger partial charge is 0.479 e. The van der Waals surface area contributed by atoms with Crippen LogP contribution in [0.2, 0.25) is 0 Å². The van der Waals surface area contributed by atoms with E-state index >= 15 is 0 Å². The molecule has 104 valence electrons. The van der Waals surface area contributed by atoms with E-state index in [1.165, 1.54) is 0 Å². The molecule has 1 saturated heterocycles. The second-order valence-electron chi connectivity index (χ2n) is 4.35. The molecule has 1 rings (SSSR count). The molecule has 18 heavy (non-hydrogen) atoms. The number of hydrogen-bond acceptors (Lipinski definition) is 4. The molecule has 2 amide bonds. The van der Waals surface area contributed by atoms with Gasteiger partial charge in [-0.1, -0.05) is 6.92 Å². The zero-order valence-corrected chi connectivity index (χ0v) is 11.5. The van der Waals surface area contributed by atoms with Gasteiger partial charge in [0.15, 0.2) is 5.54 Å². The summed E-state index contributed by atoms with van der Waals surface area (Å²) in [5.74, 6) is -0.242. The van der Waals surface area contributed by atoms with Crippen molar-refractivity contribution in [3.8, 4) is 0 Å². The van der Waals surface area contributed by atoms with Gasteiger partial charge < -0.3 is 20.5 Å². The Balaban J connectivity index is 2.54. The van der Waals surface area contributed by atoms with Gasteiger partial charge in [-0.25, -0.2) is 9.59 Å². The SMILES string of the molecule is CCC(CSC)NC(=O)NC1(C(=O)O)CCOC1. The van der Waals surface area contributed by atoms with Crippen molar-refractivity contribution in [3.63, 3.8) is 0 Å². The summed E-state index contributed by atoms with van der Waals surface area (Å²) in [5, 5.41) is 14.5. The van der Waals surface area contributed by atoms with Crippen LogP contribution in [0.15, 0.2) is 0 Å². The molecule has 0 aromatic carbocycles. The molecule has 1 fully saturated rings. The topological polar surface area (TPSA) is 87.7 Å². The predicted molar refractivity (Wildman–Crippen MR) is 69.9 cm³/mol. The first kappa shape index (κ1) is 15.1. The average Bonchev–Trinajstić information content (AvgIpc) is 2.78. The van der Waals surface area contributed by atoms with Crippen LogP contribution in [-0.4, -0.2) is 53.9 Å². The van der Waals surface area contributed by atoms with Crippen molar-refractivity contribution in [1.82, 2.24) is 10.6 Å².